The summed E-state index contributed by atoms with van der Waals surface area (Å²) in [5.41, 5.74) is 0.956. The number of pyridine rings is 1. The quantitative estimate of drug-likeness (QED) is 0.595. The predicted octanol–water partition coefficient (Wildman–Crippen LogP) is 4.49. The molecule has 0 bridgehead atoms. The number of aromatic nitrogens is 3. The molecule has 2 aromatic heterocycles. The zero-order chi connectivity index (χ0) is 20.8. The molecule has 1 aliphatic rings. The Balaban J connectivity index is 1.56. The molecule has 1 atom stereocenters. The first kappa shape index (κ1) is 20.0. The number of hydrogen-bond acceptors (Lipinski definition) is 7. The van der Waals surface area contributed by atoms with Crippen LogP contribution in [0.25, 0.3) is 0 Å². The van der Waals surface area contributed by atoms with Crippen LogP contribution in [0.1, 0.15) is 31.4 Å². The van der Waals surface area contributed by atoms with Crippen LogP contribution in [-0.2, 0) is 4.74 Å². The van der Waals surface area contributed by atoms with Crippen molar-refractivity contribution in [2.75, 3.05) is 23.8 Å². The summed E-state index contributed by atoms with van der Waals surface area (Å²) in [5.74, 6) is 2.27. The van der Waals surface area contributed by atoms with Gasteiger partial charge in [0.2, 0.25) is 0 Å². The molecular weight excluding hydrogens is 385 g/mol. The van der Waals surface area contributed by atoms with Gasteiger partial charge in [-0.25, -0.2) is 14.4 Å². The molecule has 4 rings (SSSR count). The third-order valence-electron chi connectivity index (χ3n) is 4.82. The minimum Gasteiger partial charge on any atom is -0.490 e. The maximum atomic E-state index is 13.2. The Kier molecular flexibility index (Phi) is 6.34. The smallest absolute Gasteiger partial charge is 0.150 e. The van der Waals surface area contributed by atoms with Crippen LogP contribution >= 0.6 is 0 Å². The predicted molar refractivity (Wildman–Crippen MR) is 112 cm³/mol. The minimum atomic E-state index is -0.258. The first-order chi connectivity index (χ1) is 14.7. The highest BCUT2D eigenvalue weighted by Gasteiger charge is 2.17. The molecule has 1 aliphatic heterocycles. The zero-order valence-corrected chi connectivity index (χ0v) is 16.7. The van der Waals surface area contributed by atoms with Crippen molar-refractivity contribution in [2.24, 2.45) is 0 Å². The van der Waals surface area contributed by atoms with Crippen LogP contribution in [0.3, 0.4) is 0 Å². The lowest BCUT2D eigenvalue weighted by Crippen LogP contribution is -2.26. The van der Waals surface area contributed by atoms with E-state index in [0.717, 1.165) is 18.4 Å². The summed E-state index contributed by atoms with van der Waals surface area (Å²) in [7, 11) is 0. The minimum absolute atomic E-state index is 0.0687. The Morgan fingerprint density at radius 1 is 1.07 bits per heavy atom. The third-order valence-corrected chi connectivity index (χ3v) is 4.82. The average molecular weight is 409 g/mol. The van der Waals surface area contributed by atoms with Crippen molar-refractivity contribution in [3.05, 3.63) is 66.4 Å². The van der Waals surface area contributed by atoms with Gasteiger partial charge in [0.1, 0.15) is 35.1 Å². The van der Waals surface area contributed by atoms with Gasteiger partial charge in [0.25, 0.3) is 0 Å². The van der Waals surface area contributed by atoms with Crippen LogP contribution in [0.4, 0.5) is 21.8 Å². The molecule has 0 saturated carbocycles. The molecule has 3 heterocycles. The van der Waals surface area contributed by atoms with Gasteiger partial charge in [-0.2, -0.15) is 0 Å². The highest BCUT2D eigenvalue weighted by Crippen LogP contribution is 2.27. The van der Waals surface area contributed by atoms with Gasteiger partial charge in [-0.1, -0.05) is 12.1 Å². The van der Waals surface area contributed by atoms with Crippen molar-refractivity contribution in [1.82, 2.24) is 15.0 Å². The monoisotopic (exact) mass is 409 g/mol. The second-order valence-electron chi connectivity index (χ2n) is 7.14. The Labute approximate surface area is 174 Å². The van der Waals surface area contributed by atoms with E-state index in [1.54, 1.807) is 30.7 Å². The maximum absolute atomic E-state index is 13.2. The van der Waals surface area contributed by atoms with E-state index in [1.165, 1.54) is 12.1 Å². The van der Waals surface area contributed by atoms with Gasteiger partial charge in [0.15, 0.2) is 0 Å². The fraction of sp³-hybridized carbons (Fsp3) is 0.318. The summed E-state index contributed by atoms with van der Waals surface area (Å²) in [4.78, 5) is 12.9. The standard InChI is InChI=1S/C22H24FN5O2/c1-15(16-2-4-17(23)5-3-16)26-20-12-19(30-18-6-10-29-11-7-18)13-21(27-20)28-22-14-24-8-9-25-22/h2-5,8-9,12-15,18H,6-7,10-11H2,1H3,(H2,25,26,27,28)/t15-/m0/s1. The molecule has 1 aromatic carbocycles. The molecule has 8 heteroatoms. The fourth-order valence-electron chi connectivity index (χ4n) is 3.25. The lowest BCUT2D eigenvalue weighted by atomic mass is 10.1. The van der Waals surface area contributed by atoms with Crippen LogP contribution in [-0.4, -0.2) is 34.3 Å². The molecule has 0 radical (unpaired) electrons. The van der Waals surface area contributed by atoms with E-state index in [4.69, 9.17) is 9.47 Å². The molecule has 30 heavy (non-hydrogen) atoms. The van der Waals surface area contributed by atoms with E-state index in [-0.39, 0.29) is 18.0 Å². The van der Waals surface area contributed by atoms with Crippen LogP contribution in [0, 0.1) is 5.82 Å². The number of nitrogens with zero attached hydrogens (tertiary/aromatic N) is 3. The van der Waals surface area contributed by atoms with Gasteiger partial charge < -0.3 is 20.1 Å². The lowest BCUT2D eigenvalue weighted by Gasteiger charge is -2.24. The SMILES string of the molecule is C[C@H](Nc1cc(OC2CCOCC2)cc(Nc2cnccn2)n1)c1ccc(F)cc1. The number of ether oxygens (including phenoxy) is 2. The summed E-state index contributed by atoms with van der Waals surface area (Å²) in [6, 6.07) is 10.1. The number of halogens is 1. The second kappa shape index (κ2) is 9.49. The van der Waals surface area contributed by atoms with Gasteiger partial charge in [0, 0.05) is 43.4 Å². The number of hydrogen-bond donors (Lipinski definition) is 2. The molecule has 3 aromatic rings. The molecule has 0 aliphatic carbocycles. The summed E-state index contributed by atoms with van der Waals surface area (Å²) in [5, 5.41) is 6.53. The summed E-state index contributed by atoms with van der Waals surface area (Å²) >= 11 is 0. The molecule has 0 spiro atoms. The Morgan fingerprint density at radius 3 is 2.57 bits per heavy atom. The molecule has 1 saturated heterocycles. The van der Waals surface area contributed by atoms with Gasteiger partial charge in [-0.05, 0) is 24.6 Å². The molecule has 2 N–H and O–H groups in total. The number of anilines is 3. The fourth-order valence-corrected chi connectivity index (χ4v) is 3.25. The Morgan fingerprint density at radius 2 is 1.83 bits per heavy atom. The number of nitrogens with one attached hydrogen (secondary N) is 2. The van der Waals surface area contributed by atoms with Crippen molar-refractivity contribution >= 4 is 17.5 Å². The van der Waals surface area contributed by atoms with E-state index in [0.29, 0.717) is 36.4 Å². The van der Waals surface area contributed by atoms with Gasteiger partial charge in [-0.3, -0.25) is 4.98 Å². The molecule has 156 valence electrons. The zero-order valence-electron chi connectivity index (χ0n) is 16.7. The van der Waals surface area contributed by atoms with Gasteiger partial charge >= 0.3 is 0 Å². The summed E-state index contributed by atoms with van der Waals surface area (Å²) < 4.78 is 24.8. The Bertz CT molecular complexity index is 950. The van der Waals surface area contributed by atoms with Crippen LogP contribution in [0.2, 0.25) is 0 Å². The van der Waals surface area contributed by atoms with E-state index >= 15 is 0 Å². The van der Waals surface area contributed by atoms with E-state index in [2.05, 4.69) is 25.6 Å². The molecular formula is C22H24FN5O2. The van der Waals surface area contributed by atoms with Crippen molar-refractivity contribution in [3.8, 4) is 5.75 Å². The van der Waals surface area contributed by atoms with Crippen molar-refractivity contribution in [2.45, 2.75) is 31.9 Å². The Hall–Kier alpha value is -3.26. The number of benzene rings is 1. The van der Waals surface area contributed by atoms with E-state index < -0.39 is 0 Å². The topological polar surface area (TPSA) is 81.2 Å². The second-order valence-corrected chi connectivity index (χ2v) is 7.14. The van der Waals surface area contributed by atoms with Crippen molar-refractivity contribution in [1.29, 1.82) is 0 Å². The van der Waals surface area contributed by atoms with Crippen LogP contribution < -0.4 is 15.4 Å². The van der Waals surface area contributed by atoms with Crippen molar-refractivity contribution in [3.63, 3.8) is 0 Å². The molecule has 0 amide bonds. The summed E-state index contributed by atoms with van der Waals surface area (Å²) in [6.07, 6.45) is 6.66. The van der Waals surface area contributed by atoms with Crippen LogP contribution in [0.5, 0.6) is 5.75 Å². The highest BCUT2D eigenvalue weighted by atomic mass is 19.1. The maximum Gasteiger partial charge on any atom is 0.150 e. The molecule has 0 unspecified atom stereocenters. The summed E-state index contributed by atoms with van der Waals surface area (Å²) in [6.45, 7) is 3.40. The van der Waals surface area contributed by atoms with Gasteiger partial charge in [-0.15, -0.1) is 0 Å². The van der Waals surface area contributed by atoms with Crippen molar-refractivity contribution < 1.29 is 13.9 Å². The third kappa shape index (κ3) is 5.42. The highest BCUT2D eigenvalue weighted by molar-refractivity contribution is 5.58. The first-order valence-corrected chi connectivity index (χ1v) is 9.97. The average Bonchev–Trinajstić information content (AvgIpc) is 2.75. The first-order valence-electron chi connectivity index (χ1n) is 9.97. The van der Waals surface area contributed by atoms with E-state index in [9.17, 15) is 4.39 Å². The number of rotatable bonds is 7. The van der Waals surface area contributed by atoms with E-state index in [1.807, 2.05) is 19.1 Å². The lowest BCUT2D eigenvalue weighted by molar-refractivity contribution is 0.0256. The normalized spacial score (nSPS) is 15.4. The molecule has 1 fully saturated rings. The largest absolute Gasteiger partial charge is 0.490 e. The van der Waals surface area contributed by atoms with Crippen LogP contribution in [0.15, 0.2) is 55.0 Å². The van der Waals surface area contributed by atoms with Gasteiger partial charge in [0.05, 0.1) is 19.4 Å². The molecule has 7 nitrogen and oxygen atoms in total.